The standard InChI is InChI=1S/C17H23NO4/c1-20-14-10-12(11-15(21-2)17(14)22-3)8-9-16(19)18-13-6-4-5-7-13/h8-11,13H,4-7H2,1-3H3,(H,18,19)/b9-8-. The quantitative estimate of drug-likeness (QED) is 0.821. The number of nitrogens with one attached hydrogen (secondary N) is 1. The highest BCUT2D eigenvalue weighted by molar-refractivity contribution is 5.92. The average Bonchev–Trinajstić information content (AvgIpc) is 3.04. The highest BCUT2D eigenvalue weighted by Crippen LogP contribution is 2.38. The summed E-state index contributed by atoms with van der Waals surface area (Å²) in [6, 6.07) is 3.93. The molecule has 0 spiro atoms. The Morgan fingerprint density at radius 3 is 2.18 bits per heavy atom. The van der Waals surface area contributed by atoms with Crippen molar-refractivity contribution in [3.05, 3.63) is 23.8 Å². The molecule has 1 aromatic carbocycles. The van der Waals surface area contributed by atoms with E-state index in [4.69, 9.17) is 14.2 Å². The molecule has 0 heterocycles. The molecule has 0 saturated heterocycles. The van der Waals surface area contributed by atoms with E-state index in [-0.39, 0.29) is 5.91 Å². The van der Waals surface area contributed by atoms with Gasteiger partial charge in [-0.2, -0.15) is 0 Å². The van der Waals surface area contributed by atoms with Gasteiger partial charge < -0.3 is 19.5 Å². The minimum Gasteiger partial charge on any atom is -0.493 e. The van der Waals surface area contributed by atoms with Crippen LogP contribution in [0.1, 0.15) is 31.2 Å². The van der Waals surface area contributed by atoms with Gasteiger partial charge in [0.1, 0.15) is 0 Å². The molecule has 0 aromatic heterocycles. The number of benzene rings is 1. The highest BCUT2D eigenvalue weighted by atomic mass is 16.5. The molecule has 0 atom stereocenters. The largest absolute Gasteiger partial charge is 0.493 e. The molecule has 0 aliphatic heterocycles. The van der Waals surface area contributed by atoms with Gasteiger partial charge in [-0.15, -0.1) is 0 Å². The third-order valence-corrected chi connectivity index (χ3v) is 3.82. The van der Waals surface area contributed by atoms with Crippen LogP contribution >= 0.6 is 0 Å². The SMILES string of the molecule is COc1cc(/C=C\C(=O)NC2CCCC2)cc(OC)c1OC. The van der Waals surface area contributed by atoms with E-state index in [1.807, 2.05) is 0 Å². The summed E-state index contributed by atoms with van der Waals surface area (Å²) in [5, 5.41) is 3.02. The van der Waals surface area contributed by atoms with Gasteiger partial charge in [-0.1, -0.05) is 12.8 Å². The lowest BCUT2D eigenvalue weighted by Gasteiger charge is -2.13. The molecule has 0 bridgehead atoms. The minimum atomic E-state index is -0.0688. The Kier molecular flexibility index (Phi) is 5.69. The van der Waals surface area contributed by atoms with Crippen LogP contribution in [0, 0.1) is 0 Å². The maximum absolute atomic E-state index is 11.9. The highest BCUT2D eigenvalue weighted by Gasteiger charge is 2.16. The van der Waals surface area contributed by atoms with E-state index in [9.17, 15) is 4.79 Å². The lowest BCUT2D eigenvalue weighted by molar-refractivity contribution is -0.117. The first-order chi connectivity index (χ1) is 10.7. The van der Waals surface area contributed by atoms with Crippen molar-refractivity contribution < 1.29 is 19.0 Å². The van der Waals surface area contributed by atoms with Crippen LogP contribution in [0.5, 0.6) is 17.2 Å². The number of carbonyl (C=O) groups excluding carboxylic acids is 1. The van der Waals surface area contributed by atoms with Gasteiger partial charge in [0, 0.05) is 12.1 Å². The monoisotopic (exact) mass is 305 g/mol. The van der Waals surface area contributed by atoms with E-state index in [1.165, 1.54) is 12.8 Å². The van der Waals surface area contributed by atoms with Gasteiger partial charge in [-0.05, 0) is 36.6 Å². The Bertz CT molecular complexity index is 523. The summed E-state index contributed by atoms with van der Waals surface area (Å²) in [4.78, 5) is 11.9. The first-order valence-electron chi connectivity index (χ1n) is 7.46. The summed E-state index contributed by atoms with van der Waals surface area (Å²) in [6.45, 7) is 0. The van der Waals surface area contributed by atoms with Crippen molar-refractivity contribution in [2.75, 3.05) is 21.3 Å². The topological polar surface area (TPSA) is 56.8 Å². The molecule has 1 fully saturated rings. The van der Waals surface area contributed by atoms with Crippen LogP contribution in [0.4, 0.5) is 0 Å². The molecular weight excluding hydrogens is 282 g/mol. The number of ether oxygens (including phenoxy) is 3. The number of rotatable bonds is 6. The van der Waals surface area contributed by atoms with Crippen molar-refractivity contribution in [2.24, 2.45) is 0 Å². The molecule has 120 valence electrons. The maximum atomic E-state index is 11.9. The van der Waals surface area contributed by atoms with Crippen LogP contribution in [-0.4, -0.2) is 33.3 Å². The van der Waals surface area contributed by atoms with E-state index >= 15 is 0 Å². The van der Waals surface area contributed by atoms with Gasteiger partial charge in [0.2, 0.25) is 11.7 Å². The van der Waals surface area contributed by atoms with Gasteiger partial charge in [0.15, 0.2) is 11.5 Å². The molecule has 0 unspecified atom stereocenters. The van der Waals surface area contributed by atoms with Crippen molar-refractivity contribution >= 4 is 12.0 Å². The molecule has 0 radical (unpaired) electrons. The van der Waals surface area contributed by atoms with Crippen LogP contribution < -0.4 is 19.5 Å². The van der Waals surface area contributed by atoms with Gasteiger partial charge in [0.05, 0.1) is 21.3 Å². The molecule has 2 rings (SSSR count). The van der Waals surface area contributed by atoms with Crippen molar-refractivity contribution in [1.82, 2.24) is 5.32 Å². The summed E-state index contributed by atoms with van der Waals surface area (Å²) >= 11 is 0. The molecule has 5 heteroatoms. The lowest BCUT2D eigenvalue weighted by atomic mass is 10.1. The number of hydrogen-bond acceptors (Lipinski definition) is 4. The molecular formula is C17H23NO4. The van der Waals surface area contributed by atoms with Crippen molar-refractivity contribution in [3.63, 3.8) is 0 Å². The van der Waals surface area contributed by atoms with Gasteiger partial charge in [0.25, 0.3) is 0 Å². The minimum absolute atomic E-state index is 0.0688. The smallest absolute Gasteiger partial charge is 0.244 e. The third kappa shape index (κ3) is 3.93. The fourth-order valence-electron chi connectivity index (χ4n) is 2.69. The van der Waals surface area contributed by atoms with Crippen LogP contribution in [0.15, 0.2) is 18.2 Å². The molecule has 1 aliphatic carbocycles. The molecule has 1 saturated carbocycles. The zero-order chi connectivity index (χ0) is 15.9. The molecule has 1 aliphatic rings. The zero-order valence-corrected chi connectivity index (χ0v) is 13.3. The van der Waals surface area contributed by atoms with E-state index < -0.39 is 0 Å². The molecule has 1 amide bonds. The van der Waals surface area contributed by atoms with Crippen molar-refractivity contribution in [2.45, 2.75) is 31.7 Å². The Labute approximate surface area is 131 Å². The number of hydrogen-bond donors (Lipinski definition) is 1. The lowest BCUT2D eigenvalue weighted by Crippen LogP contribution is -2.30. The third-order valence-electron chi connectivity index (χ3n) is 3.82. The maximum Gasteiger partial charge on any atom is 0.244 e. The van der Waals surface area contributed by atoms with E-state index in [0.29, 0.717) is 23.3 Å². The van der Waals surface area contributed by atoms with Crippen LogP contribution in [0.2, 0.25) is 0 Å². The van der Waals surface area contributed by atoms with Gasteiger partial charge in [-0.3, -0.25) is 4.79 Å². The number of methoxy groups -OCH3 is 3. The Morgan fingerprint density at radius 1 is 1.09 bits per heavy atom. The van der Waals surface area contributed by atoms with E-state index in [0.717, 1.165) is 18.4 Å². The number of amides is 1. The molecule has 22 heavy (non-hydrogen) atoms. The van der Waals surface area contributed by atoms with E-state index in [2.05, 4.69) is 5.32 Å². The summed E-state index contributed by atoms with van der Waals surface area (Å²) in [5.41, 5.74) is 0.816. The molecule has 5 nitrogen and oxygen atoms in total. The van der Waals surface area contributed by atoms with Gasteiger partial charge in [-0.25, -0.2) is 0 Å². The Hall–Kier alpha value is -2.17. The normalized spacial score (nSPS) is 15.0. The summed E-state index contributed by atoms with van der Waals surface area (Å²) in [6.07, 6.45) is 7.82. The first-order valence-corrected chi connectivity index (χ1v) is 7.46. The van der Waals surface area contributed by atoms with E-state index in [1.54, 1.807) is 45.6 Å². The zero-order valence-electron chi connectivity index (χ0n) is 13.3. The summed E-state index contributed by atoms with van der Waals surface area (Å²) in [5.74, 6) is 1.61. The second kappa shape index (κ2) is 7.73. The second-order valence-corrected chi connectivity index (χ2v) is 5.28. The fourth-order valence-corrected chi connectivity index (χ4v) is 2.69. The predicted octanol–water partition coefficient (Wildman–Crippen LogP) is 2.78. The van der Waals surface area contributed by atoms with Crippen LogP contribution in [0.25, 0.3) is 6.08 Å². The first kappa shape index (κ1) is 16.2. The Morgan fingerprint density at radius 2 is 1.68 bits per heavy atom. The van der Waals surface area contributed by atoms with Crippen LogP contribution in [0.3, 0.4) is 0 Å². The van der Waals surface area contributed by atoms with Crippen molar-refractivity contribution in [1.29, 1.82) is 0 Å². The average molecular weight is 305 g/mol. The predicted molar refractivity (Wildman–Crippen MR) is 85.5 cm³/mol. The van der Waals surface area contributed by atoms with Crippen molar-refractivity contribution in [3.8, 4) is 17.2 Å². The van der Waals surface area contributed by atoms with Crippen LogP contribution in [-0.2, 0) is 4.79 Å². The molecule has 1 N–H and O–H groups in total. The van der Waals surface area contributed by atoms with Gasteiger partial charge >= 0.3 is 0 Å². The summed E-state index contributed by atoms with van der Waals surface area (Å²) in [7, 11) is 4.69. The fraction of sp³-hybridized carbons (Fsp3) is 0.471. The Balaban J connectivity index is 2.10. The summed E-state index contributed by atoms with van der Waals surface area (Å²) < 4.78 is 15.9. The molecule has 1 aromatic rings. The second-order valence-electron chi connectivity index (χ2n) is 5.28. The number of carbonyl (C=O) groups is 1.